The average Bonchev–Trinajstić information content (AvgIpc) is 3.13. The highest BCUT2D eigenvalue weighted by Crippen LogP contribution is 2.35. The van der Waals surface area contributed by atoms with Gasteiger partial charge in [0.2, 0.25) is 5.91 Å². The van der Waals surface area contributed by atoms with Crippen LogP contribution < -0.4 is 10.2 Å². The van der Waals surface area contributed by atoms with Crippen LogP contribution in [0.25, 0.3) is 0 Å². The van der Waals surface area contributed by atoms with Gasteiger partial charge in [0.05, 0.1) is 12.2 Å². The van der Waals surface area contributed by atoms with Crippen molar-refractivity contribution in [2.24, 2.45) is 0 Å². The fourth-order valence-electron chi connectivity index (χ4n) is 5.37. The number of carbonyl (C=O) groups excluding carboxylic acids is 2. The normalized spacial score (nSPS) is 22.2. The van der Waals surface area contributed by atoms with Crippen LogP contribution in [0.5, 0.6) is 0 Å². The molecule has 1 aliphatic carbocycles. The van der Waals surface area contributed by atoms with E-state index in [1.165, 1.54) is 19.3 Å². The highest BCUT2D eigenvalue weighted by atomic mass is 16.2. The van der Waals surface area contributed by atoms with Gasteiger partial charge < -0.3 is 5.32 Å². The fourth-order valence-corrected chi connectivity index (χ4v) is 5.37. The molecule has 0 spiro atoms. The first kappa shape index (κ1) is 24.5. The zero-order chi connectivity index (χ0) is 24.7. The first-order chi connectivity index (χ1) is 16.0. The van der Waals surface area contributed by atoms with Crippen LogP contribution in [-0.4, -0.2) is 33.2 Å². The van der Waals surface area contributed by atoms with Crippen molar-refractivity contribution in [2.45, 2.75) is 110 Å². The second-order valence-corrected chi connectivity index (χ2v) is 11.6. The van der Waals surface area contributed by atoms with Crippen LogP contribution in [0.4, 0.5) is 5.69 Å². The summed E-state index contributed by atoms with van der Waals surface area (Å²) in [6, 6.07) is 8.15. The summed E-state index contributed by atoms with van der Waals surface area (Å²) in [6.45, 7) is 12.5. The van der Waals surface area contributed by atoms with Crippen molar-refractivity contribution in [1.82, 2.24) is 15.1 Å². The van der Waals surface area contributed by atoms with Crippen LogP contribution >= 0.6 is 0 Å². The predicted octanol–water partition coefficient (Wildman–Crippen LogP) is 5.45. The maximum Gasteiger partial charge on any atom is 0.277 e. The molecule has 4 rings (SSSR count). The molecule has 1 N–H and O–H groups in total. The summed E-state index contributed by atoms with van der Waals surface area (Å²) in [7, 11) is 0. The Balaban J connectivity index is 1.75. The quantitative estimate of drug-likeness (QED) is 0.657. The molecule has 0 unspecified atom stereocenters. The van der Waals surface area contributed by atoms with Crippen molar-refractivity contribution >= 4 is 17.5 Å². The number of anilines is 1. The fraction of sp³-hybridized carbons (Fsp3) is 0.607. The van der Waals surface area contributed by atoms with E-state index in [-0.39, 0.29) is 23.3 Å². The van der Waals surface area contributed by atoms with E-state index in [1.807, 2.05) is 39.0 Å². The summed E-state index contributed by atoms with van der Waals surface area (Å²) in [6.07, 6.45) is 8.01. The van der Waals surface area contributed by atoms with E-state index in [0.29, 0.717) is 12.2 Å². The number of carbonyl (C=O) groups is 2. The van der Waals surface area contributed by atoms with Gasteiger partial charge in [-0.1, -0.05) is 58.9 Å². The van der Waals surface area contributed by atoms with Gasteiger partial charge in [0.15, 0.2) is 0 Å². The third kappa shape index (κ3) is 4.77. The van der Waals surface area contributed by atoms with Crippen molar-refractivity contribution < 1.29 is 9.59 Å². The van der Waals surface area contributed by atoms with Gasteiger partial charge in [-0.3, -0.25) is 19.2 Å². The van der Waals surface area contributed by atoms with E-state index in [1.54, 1.807) is 9.58 Å². The molecule has 0 bridgehead atoms. The van der Waals surface area contributed by atoms with E-state index in [9.17, 15) is 9.59 Å². The maximum atomic E-state index is 14.0. The Hall–Kier alpha value is -2.63. The molecule has 1 fully saturated rings. The minimum absolute atomic E-state index is 0.0935. The monoisotopic (exact) mass is 464 g/mol. The average molecular weight is 465 g/mol. The van der Waals surface area contributed by atoms with Crippen LogP contribution in [0.1, 0.15) is 99.9 Å². The van der Waals surface area contributed by atoms with Crippen molar-refractivity contribution in [1.29, 1.82) is 0 Å². The number of nitrogens with one attached hydrogen (secondary N) is 1. The van der Waals surface area contributed by atoms with Crippen LogP contribution in [0.3, 0.4) is 0 Å². The summed E-state index contributed by atoms with van der Waals surface area (Å²) in [4.78, 5) is 29.6. The zero-order valence-electron chi connectivity index (χ0n) is 21.7. The largest absolute Gasteiger partial charge is 0.351 e. The molecule has 2 aromatic rings. The van der Waals surface area contributed by atoms with Crippen molar-refractivity contribution in [2.75, 3.05) is 4.90 Å². The Bertz CT molecular complexity index is 1050. The van der Waals surface area contributed by atoms with Gasteiger partial charge in [-0.15, -0.1) is 0 Å². The maximum absolute atomic E-state index is 14.0. The summed E-state index contributed by atoms with van der Waals surface area (Å²) >= 11 is 0. The molecule has 184 valence electrons. The van der Waals surface area contributed by atoms with Crippen LogP contribution in [0.2, 0.25) is 0 Å². The summed E-state index contributed by atoms with van der Waals surface area (Å²) < 4.78 is 1.75. The number of benzene rings is 1. The van der Waals surface area contributed by atoms with E-state index < -0.39 is 5.54 Å². The lowest BCUT2D eigenvalue weighted by Crippen LogP contribution is -2.65. The second kappa shape index (κ2) is 9.20. The Kier molecular flexibility index (Phi) is 6.63. The van der Waals surface area contributed by atoms with Gasteiger partial charge in [-0.2, -0.15) is 5.10 Å². The molecule has 1 atom stereocenters. The van der Waals surface area contributed by atoms with Crippen molar-refractivity contribution in [3.8, 4) is 0 Å². The minimum Gasteiger partial charge on any atom is -0.351 e. The second-order valence-electron chi connectivity index (χ2n) is 11.6. The van der Waals surface area contributed by atoms with Gasteiger partial charge in [0.1, 0.15) is 11.2 Å². The van der Waals surface area contributed by atoms with Gasteiger partial charge in [-0.05, 0) is 62.9 Å². The molecule has 2 heterocycles. The molecule has 6 heteroatoms. The lowest BCUT2D eigenvalue weighted by molar-refractivity contribution is -0.127. The SMILES string of the molecule is Cc1cc(C)cc(N2C(=O)c3cc(C(C)(C)C)nn3C[C@]2(C)C(=O)NC2CCCCCCC2)c1. The molecule has 0 saturated heterocycles. The van der Waals surface area contributed by atoms with Crippen molar-refractivity contribution in [3.05, 3.63) is 46.8 Å². The number of hydrogen-bond acceptors (Lipinski definition) is 3. The van der Waals surface area contributed by atoms with E-state index in [0.717, 1.165) is 48.2 Å². The molecule has 0 radical (unpaired) electrons. The molecule has 6 nitrogen and oxygen atoms in total. The van der Waals surface area contributed by atoms with E-state index >= 15 is 0 Å². The third-order valence-corrected chi connectivity index (χ3v) is 7.32. The first-order valence-electron chi connectivity index (χ1n) is 12.8. The number of nitrogens with zero attached hydrogens (tertiary/aromatic N) is 3. The van der Waals surface area contributed by atoms with Crippen LogP contribution in [0, 0.1) is 13.8 Å². The Morgan fingerprint density at radius 3 is 2.18 bits per heavy atom. The molecular formula is C28H40N4O2. The number of aromatic nitrogens is 2. The third-order valence-electron chi connectivity index (χ3n) is 7.32. The molecule has 2 aliphatic rings. The number of aryl methyl sites for hydroxylation is 2. The molecule has 1 saturated carbocycles. The Morgan fingerprint density at radius 1 is 1.00 bits per heavy atom. The van der Waals surface area contributed by atoms with Gasteiger partial charge in [0, 0.05) is 17.1 Å². The number of hydrogen-bond donors (Lipinski definition) is 1. The van der Waals surface area contributed by atoms with Crippen molar-refractivity contribution in [3.63, 3.8) is 0 Å². The number of rotatable bonds is 3. The lowest BCUT2D eigenvalue weighted by Gasteiger charge is -2.44. The summed E-state index contributed by atoms with van der Waals surface area (Å²) in [5, 5.41) is 8.12. The summed E-state index contributed by atoms with van der Waals surface area (Å²) in [5.41, 5.74) is 3.05. The lowest BCUT2D eigenvalue weighted by atomic mass is 9.90. The smallest absolute Gasteiger partial charge is 0.277 e. The molecule has 1 aromatic carbocycles. The molecule has 2 amide bonds. The minimum atomic E-state index is -1.08. The van der Waals surface area contributed by atoms with Gasteiger partial charge >= 0.3 is 0 Å². The van der Waals surface area contributed by atoms with E-state index in [2.05, 4.69) is 32.2 Å². The van der Waals surface area contributed by atoms with Gasteiger partial charge in [-0.25, -0.2) is 0 Å². The summed E-state index contributed by atoms with van der Waals surface area (Å²) in [5.74, 6) is -0.265. The van der Waals surface area contributed by atoms with Crippen LogP contribution in [0.15, 0.2) is 24.3 Å². The Morgan fingerprint density at radius 2 is 1.59 bits per heavy atom. The topological polar surface area (TPSA) is 67.2 Å². The Labute approximate surface area is 204 Å². The highest BCUT2D eigenvalue weighted by Gasteiger charge is 2.49. The van der Waals surface area contributed by atoms with E-state index in [4.69, 9.17) is 5.10 Å². The standard InChI is InChI=1S/C28H40N4O2/c1-19-14-20(2)16-22(15-19)32-25(33)23-17-24(27(3,4)5)30-31(23)18-28(32,6)26(34)29-21-12-10-8-7-9-11-13-21/h14-17,21H,7-13,18H2,1-6H3,(H,29,34)/t28-/m1/s1. The number of amides is 2. The first-order valence-corrected chi connectivity index (χ1v) is 12.8. The number of fused-ring (bicyclic) bond motifs is 1. The van der Waals surface area contributed by atoms with Gasteiger partial charge in [0.25, 0.3) is 5.91 Å². The highest BCUT2D eigenvalue weighted by molar-refractivity contribution is 6.12. The molecular weight excluding hydrogens is 424 g/mol. The molecule has 1 aromatic heterocycles. The zero-order valence-corrected chi connectivity index (χ0v) is 21.7. The predicted molar refractivity (Wildman–Crippen MR) is 136 cm³/mol. The van der Waals surface area contributed by atoms with Crippen LogP contribution in [-0.2, 0) is 16.8 Å². The molecule has 34 heavy (non-hydrogen) atoms. The molecule has 1 aliphatic heterocycles.